The van der Waals surface area contributed by atoms with Crippen LogP contribution in [-0.2, 0) is 16.1 Å². The molecule has 2 aromatic carbocycles. The molecule has 0 bridgehead atoms. The molecule has 1 saturated heterocycles. The number of likely N-dealkylation sites (tertiary alicyclic amines) is 1. The molecule has 194 valence electrons. The summed E-state index contributed by atoms with van der Waals surface area (Å²) in [7, 11) is 3.08. The van der Waals surface area contributed by atoms with Gasteiger partial charge in [0.25, 0.3) is 11.7 Å². The summed E-state index contributed by atoms with van der Waals surface area (Å²) < 4.78 is 22.1. The zero-order valence-electron chi connectivity index (χ0n) is 21.2. The van der Waals surface area contributed by atoms with Gasteiger partial charge in [0.15, 0.2) is 11.5 Å². The predicted molar refractivity (Wildman–Crippen MR) is 138 cm³/mol. The van der Waals surface area contributed by atoms with Gasteiger partial charge in [-0.05, 0) is 60.5 Å². The summed E-state index contributed by atoms with van der Waals surface area (Å²) in [5.41, 5.74) is 0.976. The topological polar surface area (TPSA) is 98.4 Å². The largest absolute Gasteiger partial charge is 0.507 e. The van der Waals surface area contributed by atoms with Crippen LogP contribution in [0.15, 0.2) is 70.9 Å². The number of carbonyl (C=O) groups is 2. The van der Waals surface area contributed by atoms with Gasteiger partial charge < -0.3 is 28.6 Å². The van der Waals surface area contributed by atoms with Crippen LogP contribution in [0.3, 0.4) is 0 Å². The van der Waals surface area contributed by atoms with Gasteiger partial charge in [-0.3, -0.25) is 9.59 Å². The number of hydrogen-bond donors (Lipinski definition) is 1. The highest BCUT2D eigenvalue weighted by Crippen LogP contribution is 2.42. The van der Waals surface area contributed by atoms with E-state index in [2.05, 4.69) is 6.92 Å². The second-order valence-electron chi connectivity index (χ2n) is 8.70. The van der Waals surface area contributed by atoms with Crippen molar-refractivity contribution in [1.82, 2.24) is 4.90 Å². The molecule has 37 heavy (non-hydrogen) atoms. The predicted octanol–water partition coefficient (Wildman–Crippen LogP) is 5.49. The van der Waals surface area contributed by atoms with Crippen molar-refractivity contribution < 1.29 is 33.3 Å². The van der Waals surface area contributed by atoms with Crippen LogP contribution in [0.2, 0.25) is 0 Å². The lowest BCUT2D eigenvalue weighted by molar-refractivity contribution is -0.140. The Morgan fingerprint density at radius 3 is 2.43 bits per heavy atom. The number of aliphatic hydroxyl groups is 1. The summed E-state index contributed by atoms with van der Waals surface area (Å²) in [6, 6.07) is 14.5. The zero-order chi connectivity index (χ0) is 26.4. The quantitative estimate of drug-likeness (QED) is 0.159. The number of methoxy groups -OCH3 is 2. The maximum absolute atomic E-state index is 13.3. The average Bonchev–Trinajstić information content (AvgIpc) is 3.53. The number of benzene rings is 2. The Bertz CT molecular complexity index is 1260. The summed E-state index contributed by atoms with van der Waals surface area (Å²) in [5.74, 6) is 0.387. The van der Waals surface area contributed by atoms with Crippen molar-refractivity contribution in [3.63, 3.8) is 0 Å². The minimum absolute atomic E-state index is 0.0135. The van der Waals surface area contributed by atoms with Crippen molar-refractivity contribution in [1.29, 1.82) is 0 Å². The molecule has 0 aliphatic carbocycles. The molecule has 1 aliphatic heterocycles. The van der Waals surface area contributed by atoms with Crippen LogP contribution in [0.25, 0.3) is 5.76 Å². The van der Waals surface area contributed by atoms with Gasteiger partial charge >= 0.3 is 0 Å². The van der Waals surface area contributed by atoms with Crippen molar-refractivity contribution in [2.24, 2.45) is 0 Å². The molecule has 1 amide bonds. The first-order valence-electron chi connectivity index (χ1n) is 12.2. The number of nitrogens with zero attached hydrogens (tertiary/aromatic N) is 1. The molecule has 4 rings (SSSR count). The molecular formula is C29H31NO7. The molecule has 8 heteroatoms. The zero-order valence-corrected chi connectivity index (χ0v) is 21.2. The van der Waals surface area contributed by atoms with Gasteiger partial charge in [0.2, 0.25) is 0 Å². The van der Waals surface area contributed by atoms with E-state index in [1.54, 1.807) is 61.7 Å². The molecule has 2 heterocycles. The van der Waals surface area contributed by atoms with Crippen molar-refractivity contribution in [2.45, 2.75) is 38.8 Å². The molecule has 1 N–H and O–H groups in total. The van der Waals surface area contributed by atoms with Gasteiger partial charge in [-0.25, -0.2) is 0 Å². The molecule has 1 fully saturated rings. The van der Waals surface area contributed by atoms with E-state index in [-0.39, 0.29) is 17.9 Å². The molecular weight excluding hydrogens is 474 g/mol. The van der Waals surface area contributed by atoms with E-state index in [0.717, 1.165) is 19.3 Å². The van der Waals surface area contributed by atoms with Crippen LogP contribution in [0.4, 0.5) is 0 Å². The molecule has 1 unspecified atom stereocenters. The molecule has 0 spiro atoms. The van der Waals surface area contributed by atoms with E-state index in [9.17, 15) is 14.7 Å². The van der Waals surface area contributed by atoms with Crippen LogP contribution in [0.1, 0.15) is 49.1 Å². The fourth-order valence-electron chi connectivity index (χ4n) is 4.37. The normalized spacial score (nSPS) is 16.7. The third-order valence-corrected chi connectivity index (χ3v) is 6.32. The second kappa shape index (κ2) is 11.7. The smallest absolute Gasteiger partial charge is 0.296 e. The Kier molecular flexibility index (Phi) is 8.18. The summed E-state index contributed by atoms with van der Waals surface area (Å²) in [6.45, 7) is 2.73. The average molecular weight is 506 g/mol. The van der Waals surface area contributed by atoms with E-state index in [1.807, 2.05) is 0 Å². The number of rotatable bonds is 11. The number of amides is 1. The van der Waals surface area contributed by atoms with Gasteiger partial charge in [0.1, 0.15) is 17.3 Å². The van der Waals surface area contributed by atoms with Gasteiger partial charge in [0, 0.05) is 5.56 Å². The number of aliphatic hydroxyl groups excluding tert-OH is 1. The maximum atomic E-state index is 13.3. The molecule has 3 aromatic rings. The Labute approximate surface area is 216 Å². The molecule has 1 aromatic heterocycles. The maximum Gasteiger partial charge on any atom is 0.296 e. The highest BCUT2D eigenvalue weighted by molar-refractivity contribution is 6.46. The highest BCUT2D eigenvalue weighted by atomic mass is 16.5. The van der Waals surface area contributed by atoms with Crippen molar-refractivity contribution in [3.05, 3.63) is 83.3 Å². The van der Waals surface area contributed by atoms with Crippen molar-refractivity contribution in [2.75, 3.05) is 20.8 Å². The number of ketones is 1. The first kappa shape index (κ1) is 25.9. The van der Waals surface area contributed by atoms with E-state index in [1.165, 1.54) is 18.3 Å². The highest BCUT2D eigenvalue weighted by Gasteiger charge is 2.46. The van der Waals surface area contributed by atoms with Crippen LogP contribution in [-0.4, -0.2) is 42.5 Å². The SMILES string of the molecule is CCCCCOc1ccc(C2C(=C(O)c3ccc(OC)cc3)C(=O)C(=O)N2Cc2ccco2)cc1OC. The lowest BCUT2D eigenvalue weighted by Crippen LogP contribution is -2.29. The Morgan fingerprint density at radius 1 is 1.00 bits per heavy atom. The summed E-state index contributed by atoms with van der Waals surface area (Å²) in [5, 5.41) is 11.3. The number of Topliss-reactive ketones (excluding diaryl/α,β-unsaturated/α-hetero) is 1. The third-order valence-electron chi connectivity index (χ3n) is 6.32. The van der Waals surface area contributed by atoms with Crippen LogP contribution >= 0.6 is 0 Å². The Morgan fingerprint density at radius 2 is 1.78 bits per heavy atom. The molecule has 0 saturated carbocycles. The summed E-state index contributed by atoms with van der Waals surface area (Å²) in [4.78, 5) is 27.9. The van der Waals surface area contributed by atoms with E-state index >= 15 is 0 Å². The molecule has 1 atom stereocenters. The minimum atomic E-state index is -0.866. The van der Waals surface area contributed by atoms with Crippen molar-refractivity contribution >= 4 is 17.4 Å². The van der Waals surface area contributed by atoms with Crippen LogP contribution < -0.4 is 14.2 Å². The van der Waals surface area contributed by atoms with Crippen LogP contribution in [0.5, 0.6) is 17.2 Å². The van der Waals surface area contributed by atoms with E-state index in [0.29, 0.717) is 40.7 Å². The van der Waals surface area contributed by atoms with Gasteiger partial charge in [0.05, 0.1) is 45.2 Å². The molecule has 8 nitrogen and oxygen atoms in total. The van der Waals surface area contributed by atoms with Gasteiger partial charge in [-0.15, -0.1) is 0 Å². The second-order valence-corrected chi connectivity index (χ2v) is 8.70. The first-order chi connectivity index (χ1) is 18.0. The van der Waals surface area contributed by atoms with E-state index in [4.69, 9.17) is 18.6 Å². The molecule has 0 radical (unpaired) electrons. The lowest BCUT2D eigenvalue weighted by Gasteiger charge is -2.25. The fourth-order valence-corrected chi connectivity index (χ4v) is 4.37. The molecule has 1 aliphatic rings. The Balaban J connectivity index is 1.78. The Hall–Kier alpha value is -4.20. The summed E-state index contributed by atoms with van der Waals surface area (Å²) in [6.07, 6.45) is 4.58. The number of unbranched alkanes of at least 4 members (excludes halogenated alkanes) is 2. The number of carbonyl (C=O) groups excluding carboxylic acids is 2. The standard InChI is InChI=1S/C29H31NO7/c1-4-5-6-15-37-23-14-11-20(17-24(23)35-3)26-25(27(31)19-9-12-21(34-2)13-10-19)28(32)29(33)30(26)18-22-8-7-16-36-22/h7-14,16-17,26,31H,4-6,15,18H2,1-3H3. The number of hydrogen-bond acceptors (Lipinski definition) is 7. The minimum Gasteiger partial charge on any atom is -0.507 e. The van der Waals surface area contributed by atoms with Gasteiger partial charge in [-0.1, -0.05) is 25.8 Å². The lowest BCUT2D eigenvalue weighted by atomic mass is 9.95. The van der Waals surface area contributed by atoms with E-state index < -0.39 is 17.7 Å². The van der Waals surface area contributed by atoms with Crippen molar-refractivity contribution in [3.8, 4) is 17.2 Å². The van der Waals surface area contributed by atoms with Gasteiger partial charge in [-0.2, -0.15) is 0 Å². The number of furan rings is 1. The fraction of sp³-hybridized carbons (Fsp3) is 0.310. The third kappa shape index (κ3) is 5.48. The monoisotopic (exact) mass is 505 g/mol. The summed E-state index contributed by atoms with van der Waals surface area (Å²) >= 11 is 0. The first-order valence-corrected chi connectivity index (χ1v) is 12.2. The van der Waals surface area contributed by atoms with Crippen LogP contribution in [0, 0.1) is 0 Å². The number of ether oxygens (including phenoxy) is 3.